The van der Waals surface area contributed by atoms with Crippen LogP contribution in [0.5, 0.6) is 0 Å². The summed E-state index contributed by atoms with van der Waals surface area (Å²) in [6.07, 6.45) is 1.02. The van der Waals surface area contributed by atoms with E-state index in [1.54, 1.807) is 20.7 Å². The number of aliphatic hydroxyl groups excluding tert-OH is 2. The lowest BCUT2D eigenvalue weighted by molar-refractivity contribution is 0.0445. The first-order chi connectivity index (χ1) is 18.8. The van der Waals surface area contributed by atoms with Crippen LogP contribution in [0.1, 0.15) is 27.0 Å². The van der Waals surface area contributed by atoms with E-state index in [2.05, 4.69) is 15.7 Å². The van der Waals surface area contributed by atoms with Crippen molar-refractivity contribution in [1.82, 2.24) is 24.9 Å². The third-order valence-electron chi connectivity index (χ3n) is 7.39. The molecule has 1 unspecified atom stereocenters. The highest BCUT2D eigenvalue weighted by molar-refractivity contribution is 6.08. The summed E-state index contributed by atoms with van der Waals surface area (Å²) in [5, 5.41) is 29.4. The molecule has 0 aliphatic carbocycles. The molecule has 39 heavy (non-hydrogen) atoms. The lowest BCUT2D eigenvalue weighted by Crippen LogP contribution is -2.53. The molecule has 2 aromatic carbocycles. The van der Waals surface area contributed by atoms with E-state index >= 15 is 0 Å². The van der Waals surface area contributed by atoms with Crippen molar-refractivity contribution in [3.63, 3.8) is 0 Å². The number of anilines is 3. The molecule has 1 fully saturated rings. The molecule has 3 heterocycles. The second-order valence-electron chi connectivity index (χ2n) is 10.1. The number of carbonyl (C=O) groups excluding carboxylic acids is 2. The van der Waals surface area contributed by atoms with Crippen molar-refractivity contribution in [2.75, 3.05) is 49.5 Å². The quantitative estimate of drug-likeness (QED) is 0.381. The van der Waals surface area contributed by atoms with Gasteiger partial charge in [0.1, 0.15) is 5.82 Å². The summed E-state index contributed by atoms with van der Waals surface area (Å²) in [4.78, 5) is 32.0. The normalized spacial score (nSPS) is 16.1. The molecule has 3 amide bonds. The minimum Gasteiger partial charge on any atom is -0.394 e. The minimum atomic E-state index is -0.762. The van der Waals surface area contributed by atoms with Gasteiger partial charge in [-0.15, -0.1) is 0 Å². The largest absolute Gasteiger partial charge is 0.394 e. The van der Waals surface area contributed by atoms with Crippen LogP contribution >= 0.6 is 0 Å². The number of hydrogen-bond acceptors (Lipinski definition) is 7. The number of hydrogen-bond donors (Lipinski definition) is 4. The average molecular weight is 534 g/mol. The molecular weight excluding hydrogens is 498 g/mol. The van der Waals surface area contributed by atoms with Crippen molar-refractivity contribution in [3.05, 3.63) is 70.9 Å². The molecule has 0 spiro atoms. The molecule has 206 valence electrons. The fraction of sp³-hybridized carbons (Fsp3) is 0.393. The van der Waals surface area contributed by atoms with Crippen molar-refractivity contribution in [2.24, 2.45) is 7.05 Å². The summed E-state index contributed by atoms with van der Waals surface area (Å²) in [7, 11) is 1.87. The number of aryl methyl sites for hydroxylation is 2. The van der Waals surface area contributed by atoms with Gasteiger partial charge in [-0.05, 0) is 42.3 Å². The second-order valence-corrected chi connectivity index (χ2v) is 10.1. The molecule has 0 radical (unpaired) electrons. The van der Waals surface area contributed by atoms with Crippen molar-refractivity contribution < 1.29 is 19.8 Å². The first-order valence-corrected chi connectivity index (χ1v) is 13.2. The number of carbonyl (C=O) groups is 2. The SMILES string of the molecule is Cc1cc(C(=O)N2Cc3cnn(C)c3Nc3ccccc32)ccc1CNC(=O)N1CCN(CC(O)CO)CC1. The summed E-state index contributed by atoms with van der Waals surface area (Å²) >= 11 is 0. The molecule has 0 bridgehead atoms. The fourth-order valence-electron chi connectivity index (χ4n) is 5.09. The molecule has 1 saturated heterocycles. The van der Waals surface area contributed by atoms with E-state index < -0.39 is 6.10 Å². The van der Waals surface area contributed by atoms with E-state index in [4.69, 9.17) is 5.11 Å². The standard InChI is InChI=1S/C28H35N7O4/c1-19-13-20(7-8-21(19)14-29-28(39)34-11-9-33(10-12-34)17-23(37)18-36)27(38)35-16-22-15-30-32(2)26(22)31-24-5-3-4-6-25(24)35/h3-8,13,15,23,31,36-37H,9-12,14,16-18H2,1-2H3,(H,29,39). The van der Waals surface area contributed by atoms with Gasteiger partial charge in [-0.1, -0.05) is 18.2 Å². The van der Waals surface area contributed by atoms with Crippen LogP contribution in [-0.2, 0) is 20.1 Å². The van der Waals surface area contributed by atoms with Gasteiger partial charge < -0.3 is 30.6 Å². The van der Waals surface area contributed by atoms with Gasteiger partial charge in [0.25, 0.3) is 5.91 Å². The maximum Gasteiger partial charge on any atom is 0.317 e. The zero-order valence-corrected chi connectivity index (χ0v) is 22.3. The van der Waals surface area contributed by atoms with E-state index in [9.17, 15) is 14.7 Å². The maximum atomic E-state index is 13.7. The summed E-state index contributed by atoms with van der Waals surface area (Å²) in [5.74, 6) is 0.757. The number of aromatic nitrogens is 2. The van der Waals surface area contributed by atoms with Crippen LogP contribution in [0.3, 0.4) is 0 Å². The fourth-order valence-corrected chi connectivity index (χ4v) is 5.09. The van der Waals surface area contributed by atoms with Crippen LogP contribution in [0.15, 0.2) is 48.7 Å². The zero-order valence-electron chi connectivity index (χ0n) is 22.3. The summed E-state index contributed by atoms with van der Waals surface area (Å²) in [6.45, 7) is 5.25. The summed E-state index contributed by atoms with van der Waals surface area (Å²) < 4.78 is 1.77. The Kier molecular flexibility index (Phi) is 7.82. The molecule has 11 nitrogen and oxygen atoms in total. The first-order valence-electron chi connectivity index (χ1n) is 13.2. The highest BCUT2D eigenvalue weighted by Crippen LogP contribution is 2.36. The zero-order chi connectivity index (χ0) is 27.5. The van der Waals surface area contributed by atoms with Gasteiger partial charge in [0.05, 0.1) is 36.8 Å². The number of para-hydroxylation sites is 2. The molecule has 3 aromatic rings. The number of β-amino-alcohol motifs (C(OH)–C–C–N with tert-alkyl or cyclic N) is 1. The van der Waals surface area contributed by atoms with E-state index in [1.807, 2.05) is 61.3 Å². The van der Waals surface area contributed by atoms with Crippen LogP contribution in [0, 0.1) is 6.92 Å². The Morgan fingerprint density at radius 3 is 2.64 bits per heavy atom. The Bertz CT molecular complexity index is 1350. The van der Waals surface area contributed by atoms with Crippen molar-refractivity contribution in [2.45, 2.75) is 26.1 Å². The van der Waals surface area contributed by atoms with Gasteiger partial charge in [0.15, 0.2) is 0 Å². The van der Waals surface area contributed by atoms with Gasteiger partial charge >= 0.3 is 6.03 Å². The third kappa shape index (κ3) is 5.75. The first kappa shape index (κ1) is 26.7. The maximum absolute atomic E-state index is 13.7. The minimum absolute atomic E-state index is 0.108. The van der Waals surface area contributed by atoms with Gasteiger partial charge in [-0.25, -0.2) is 4.79 Å². The van der Waals surface area contributed by atoms with Gasteiger partial charge in [0, 0.05) is 57.4 Å². The number of benzene rings is 2. The Hall–Kier alpha value is -3.93. The van der Waals surface area contributed by atoms with Crippen molar-refractivity contribution >= 4 is 29.1 Å². The molecule has 1 aromatic heterocycles. The van der Waals surface area contributed by atoms with E-state index in [1.165, 1.54) is 0 Å². The van der Waals surface area contributed by atoms with Crippen LogP contribution in [0.4, 0.5) is 22.0 Å². The van der Waals surface area contributed by atoms with Gasteiger partial charge in [0.2, 0.25) is 0 Å². The lowest BCUT2D eigenvalue weighted by Gasteiger charge is -2.35. The Labute approximate surface area is 227 Å². The number of nitrogens with zero attached hydrogens (tertiary/aromatic N) is 5. The number of amides is 3. The number of nitrogens with one attached hydrogen (secondary N) is 2. The molecule has 1 atom stereocenters. The van der Waals surface area contributed by atoms with Crippen LogP contribution < -0.4 is 15.5 Å². The van der Waals surface area contributed by atoms with Crippen LogP contribution in [0.25, 0.3) is 0 Å². The predicted molar refractivity (Wildman–Crippen MR) is 148 cm³/mol. The molecule has 11 heteroatoms. The Morgan fingerprint density at radius 1 is 1.13 bits per heavy atom. The highest BCUT2D eigenvalue weighted by atomic mass is 16.3. The summed E-state index contributed by atoms with van der Waals surface area (Å²) in [6, 6.07) is 13.2. The van der Waals surface area contributed by atoms with Gasteiger partial charge in [-0.2, -0.15) is 5.10 Å². The van der Waals surface area contributed by atoms with Crippen molar-refractivity contribution in [3.8, 4) is 0 Å². The van der Waals surface area contributed by atoms with E-state index in [0.717, 1.165) is 33.9 Å². The Balaban J connectivity index is 1.23. The molecule has 0 saturated carbocycles. The number of urea groups is 1. The highest BCUT2D eigenvalue weighted by Gasteiger charge is 2.27. The number of piperazine rings is 1. The smallest absolute Gasteiger partial charge is 0.317 e. The van der Waals surface area contributed by atoms with Gasteiger partial charge in [-0.3, -0.25) is 14.4 Å². The van der Waals surface area contributed by atoms with E-state index in [-0.39, 0.29) is 18.5 Å². The van der Waals surface area contributed by atoms with Crippen molar-refractivity contribution in [1.29, 1.82) is 0 Å². The molecule has 4 N–H and O–H groups in total. The molecular formula is C28H35N7O4. The molecule has 2 aliphatic rings. The van der Waals surface area contributed by atoms with Crippen LogP contribution in [-0.4, -0.2) is 87.2 Å². The third-order valence-corrected chi connectivity index (χ3v) is 7.39. The molecule has 5 rings (SSSR count). The number of rotatable bonds is 6. The Morgan fingerprint density at radius 2 is 1.90 bits per heavy atom. The number of fused-ring (bicyclic) bond motifs is 2. The predicted octanol–water partition coefficient (Wildman–Crippen LogP) is 1.81. The number of aliphatic hydroxyl groups is 2. The monoisotopic (exact) mass is 533 g/mol. The van der Waals surface area contributed by atoms with Crippen LogP contribution in [0.2, 0.25) is 0 Å². The second kappa shape index (κ2) is 11.4. The summed E-state index contributed by atoms with van der Waals surface area (Å²) in [5.41, 5.74) is 5.02. The van der Waals surface area contributed by atoms with E-state index in [0.29, 0.717) is 51.4 Å². The molecule has 2 aliphatic heterocycles. The topological polar surface area (TPSA) is 126 Å². The average Bonchev–Trinajstić information content (AvgIpc) is 3.19. The lowest BCUT2D eigenvalue weighted by atomic mass is 10.0.